The van der Waals surface area contributed by atoms with Crippen LogP contribution in [0.2, 0.25) is 0 Å². The second-order valence-electron chi connectivity index (χ2n) is 1.80. The number of pyridine rings is 1. The molecule has 1 aromatic rings. The molecule has 0 saturated heterocycles. The molecule has 0 fully saturated rings. The second kappa shape index (κ2) is 4.27. The fourth-order valence-electron chi connectivity index (χ4n) is 0.574. The monoisotopic (exact) mass is 262 g/mol. The van der Waals surface area contributed by atoms with E-state index >= 15 is 0 Å². The Labute approximate surface area is 78.7 Å². The Morgan fingerprint density at radius 1 is 1.73 bits per heavy atom. The van der Waals surface area contributed by atoms with Crippen LogP contribution in [0.3, 0.4) is 0 Å². The normalized spacial score (nSPS) is 10.4. The third-order valence-corrected chi connectivity index (χ3v) is 1.96. The molecule has 1 rings (SSSR count). The van der Waals surface area contributed by atoms with Crippen molar-refractivity contribution in [3.8, 4) is 0 Å². The molecule has 11 heavy (non-hydrogen) atoms. The summed E-state index contributed by atoms with van der Waals surface area (Å²) in [6.45, 7) is 0. The van der Waals surface area contributed by atoms with Crippen molar-refractivity contribution in [2.45, 2.75) is 0 Å². The van der Waals surface area contributed by atoms with Gasteiger partial charge in [-0.2, -0.15) is 0 Å². The third kappa shape index (κ3) is 2.45. The van der Waals surface area contributed by atoms with Crippen LogP contribution < -0.4 is 0 Å². The molecular weight excluding hydrogens is 255 g/mol. The summed E-state index contributed by atoms with van der Waals surface area (Å²) in [5.74, 6) is 0. The first-order valence-electron chi connectivity index (χ1n) is 2.99. The number of hydrogen-bond donors (Lipinski definition) is 0. The zero-order valence-corrected chi connectivity index (χ0v) is 8.15. The van der Waals surface area contributed by atoms with Gasteiger partial charge in [0.15, 0.2) is 6.40 Å². The van der Waals surface area contributed by atoms with Crippen molar-refractivity contribution in [1.29, 1.82) is 0 Å². The van der Waals surface area contributed by atoms with Crippen molar-refractivity contribution >= 4 is 34.7 Å². The van der Waals surface area contributed by atoms with Gasteiger partial charge in [0, 0.05) is 9.77 Å². The minimum absolute atomic E-state index is 0.829. The van der Waals surface area contributed by atoms with E-state index in [0.717, 1.165) is 9.26 Å². The highest BCUT2D eigenvalue weighted by molar-refractivity contribution is 14.1. The number of halogens is 1. The van der Waals surface area contributed by atoms with Gasteiger partial charge in [-0.05, 0) is 28.7 Å². The molecule has 0 bridgehead atoms. The van der Waals surface area contributed by atoms with E-state index in [1.807, 2.05) is 6.07 Å². The van der Waals surface area contributed by atoms with E-state index in [9.17, 15) is 0 Å². The second-order valence-corrected chi connectivity index (χ2v) is 2.96. The molecule has 0 atom stereocenters. The van der Waals surface area contributed by atoms with Crippen molar-refractivity contribution in [3.05, 3.63) is 22.0 Å². The molecule has 0 amide bonds. The predicted octanol–water partition coefficient (Wildman–Crippen LogP) is 1.99. The Bertz CT molecular complexity index is 262. The van der Waals surface area contributed by atoms with E-state index in [-0.39, 0.29) is 0 Å². The lowest BCUT2D eigenvalue weighted by Crippen LogP contribution is -1.79. The Balaban J connectivity index is 2.86. The van der Waals surface area contributed by atoms with Gasteiger partial charge in [-0.25, -0.2) is 4.99 Å². The van der Waals surface area contributed by atoms with Gasteiger partial charge in [0.2, 0.25) is 0 Å². The minimum atomic E-state index is 0.829. The highest BCUT2D eigenvalue weighted by Crippen LogP contribution is 2.17. The molecule has 0 saturated carbocycles. The standard InChI is InChI=1S/C7H7IN2O/c1-11-5-10-7-4-9-3-2-6(7)8/h2-5H,1H3. The van der Waals surface area contributed by atoms with Crippen molar-refractivity contribution in [1.82, 2.24) is 4.98 Å². The quantitative estimate of drug-likeness (QED) is 0.464. The maximum absolute atomic E-state index is 4.68. The van der Waals surface area contributed by atoms with E-state index in [0.29, 0.717) is 0 Å². The number of aromatic nitrogens is 1. The van der Waals surface area contributed by atoms with Gasteiger partial charge in [-0.1, -0.05) is 0 Å². The van der Waals surface area contributed by atoms with Crippen molar-refractivity contribution in [3.63, 3.8) is 0 Å². The van der Waals surface area contributed by atoms with Crippen molar-refractivity contribution in [2.24, 2.45) is 4.99 Å². The maximum atomic E-state index is 4.68. The van der Waals surface area contributed by atoms with Gasteiger partial charge in [-0.15, -0.1) is 0 Å². The maximum Gasteiger partial charge on any atom is 0.174 e. The lowest BCUT2D eigenvalue weighted by atomic mass is 10.4. The average molecular weight is 262 g/mol. The zero-order chi connectivity index (χ0) is 8.10. The number of hydrogen-bond acceptors (Lipinski definition) is 3. The highest BCUT2D eigenvalue weighted by Gasteiger charge is 1.93. The molecule has 0 aromatic carbocycles. The Morgan fingerprint density at radius 3 is 3.18 bits per heavy atom. The van der Waals surface area contributed by atoms with Crippen molar-refractivity contribution < 1.29 is 4.74 Å². The summed E-state index contributed by atoms with van der Waals surface area (Å²) in [4.78, 5) is 7.93. The van der Waals surface area contributed by atoms with Crippen LogP contribution in [0.25, 0.3) is 0 Å². The first kappa shape index (κ1) is 8.45. The van der Waals surface area contributed by atoms with Gasteiger partial charge >= 0.3 is 0 Å². The molecule has 0 spiro atoms. The summed E-state index contributed by atoms with van der Waals surface area (Å²) in [6, 6.07) is 1.89. The van der Waals surface area contributed by atoms with Crippen LogP contribution in [-0.2, 0) is 4.74 Å². The third-order valence-electron chi connectivity index (χ3n) is 1.05. The lowest BCUT2D eigenvalue weighted by molar-refractivity contribution is 0.423. The van der Waals surface area contributed by atoms with Gasteiger partial charge in [-0.3, -0.25) is 4.98 Å². The zero-order valence-electron chi connectivity index (χ0n) is 5.99. The van der Waals surface area contributed by atoms with Gasteiger partial charge in [0.1, 0.15) is 0 Å². The summed E-state index contributed by atoms with van der Waals surface area (Å²) in [7, 11) is 1.56. The predicted molar refractivity (Wildman–Crippen MR) is 52.1 cm³/mol. The van der Waals surface area contributed by atoms with Crippen LogP contribution in [0.15, 0.2) is 23.5 Å². The molecule has 0 aliphatic carbocycles. The van der Waals surface area contributed by atoms with Gasteiger partial charge in [0.25, 0.3) is 0 Å². The fourth-order valence-corrected chi connectivity index (χ4v) is 1.01. The summed E-state index contributed by atoms with van der Waals surface area (Å²) in [5.41, 5.74) is 0.829. The molecule has 0 unspecified atom stereocenters. The largest absolute Gasteiger partial charge is 0.486 e. The average Bonchev–Trinajstić information content (AvgIpc) is 2.03. The Kier molecular flexibility index (Phi) is 3.28. The number of rotatable bonds is 2. The van der Waals surface area contributed by atoms with Crippen LogP contribution in [0, 0.1) is 3.57 Å². The SMILES string of the molecule is COC=Nc1cnccc1I. The van der Waals surface area contributed by atoms with E-state index in [1.165, 1.54) is 6.40 Å². The van der Waals surface area contributed by atoms with Crippen molar-refractivity contribution in [2.75, 3.05) is 7.11 Å². The number of methoxy groups -OCH3 is 1. The first-order valence-corrected chi connectivity index (χ1v) is 4.07. The topological polar surface area (TPSA) is 34.5 Å². The molecule has 0 aliphatic rings. The van der Waals surface area contributed by atoms with Crippen LogP contribution in [0.4, 0.5) is 5.69 Å². The molecule has 0 N–H and O–H groups in total. The van der Waals surface area contributed by atoms with Crippen LogP contribution in [0.1, 0.15) is 0 Å². The molecule has 4 heteroatoms. The van der Waals surface area contributed by atoms with E-state index in [1.54, 1.807) is 19.5 Å². The fraction of sp³-hybridized carbons (Fsp3) is 0.143. The summed E-state index contributed by atoms with van der Waals surface area (Å²) in [6.07, 6.45) is 4.81. The first-order chi connectivity index (χ1) is 5.34. The van der Waals surface area contributed by atoms with E-state index in [2.05, 4.69) is 37.3 Å². The Morgan fingerprint density at radius 2 is 2.55 bits per heavy atom. The van der Waals surface area contributed by atoms with Crippen LogP contribution in [0.5, 0.6) is 0 Å². The molecule has 0 aliphatic heterocycles. The summed E-state index contributed by atoms with van der Waals surface area (Å²) in [5, 5.41) is 0. The number of nitrogens with zero attached hydrogens (tertiary/aromatic N) is 2. The summed E-state index contributed by atoms with van der Waals surface area (Å²) >= 11 is 2.19. The highest BCUT2D eigenvalue weighted by atomic mass is 127. The van der Waals surface area contributed by atoms with Crippen LogP contribution in [-0.4, -0.2) is 18.5 Å². The smallest absolute Gasteiger partial charge is 0.174 e. The molecule has 1 aromatic heterocycles. The molecule has 1 heterocycles. The van der Waals surface area contributed by atoms with Crippen LogP contribution >= 0.6 is 22.6 Å². The molecule has 0 radical (unpaired) electrons. The number of ether oxygens (including phenoxy) is 1. The number of aliphatic imine (C=N–C) groups is 1. The van der Waals surface area contributed by atoms with E-state index in [4.69, 9.17) is 0 Å². The molecule has 3 nitrogen and oxygen atoms in total. The lowest BCUT2D eigenvalue weighted by Gasteiger charge is -1.94. The molecular formula is C7H7IN2O. The van der Waals surface area contributed by atoms with E-state index < -0.39 is 0 Å². The van der Waals surface area contributed by atoms with Gasteiger partial charge in [0.05, 0.1) is 19.0 Å². The minimum Gasteiger partial charge on any atom is -0.486 e. The summed E-state index contributed by atoms with van der Waals surface area (Å²) < 4.78 is 5.74. The Hall–Kier alpha value is -0.650. The molecule has 58 valence electrons. The van der Waals surface area contributed by atoms with Gasteiger partial charge < -0.3 is 4.74 Å².